The van der Waals surface area contributed by atoms with Crippen molar-refractivity contribution in [3.05, 3.63) is 35.9 Å². The number of nitrogens with two attached hydrogens (primary N) is 1. The molecular weight excluding hydrogens is 307 g/mol. The minimum atomic E-state index is 0. The van der Waals surface area contributed by atoms with Gasteiger partial charge in [0.1, 0.15) is 0 Å². The maximum atomic E-state index is 5.35. The summed E-state index contributed by atoms with van der Waals surface area (Å²) in [6.45, 7) is 0.640. The van der Waals surface area contributed by atoms with E-state index in [0.29, 0.717) is 6.54 Å². The van der Waals surface area contributed by atoms with E-state index in [9.17, 15) is 0 Å². The van der Waals surface area contributed by atoms with E-state index in [2.05, 4.69) is 0 Å². The first-order chi connectivity index (χ1) is 3.93. The Morgan fingerprint density at radius 1 is 1.11 bits per heavy atom. The fourth-order valence-electron chi connectivity index (χ4n) is 0.614. The molecule has 0 aliphatic heterocycles. The van der Waals surface area contributed by atoms with Gasteiger partial charge in [0.2, 0.25) is 0 Å². The average molecular weight is 319 g/mol. The summed E-state index contributed by atoms with van der Waals surface area (Å²) in [6, 6.07) is 9.99. The predicted octanol–water partition coefficient (Wildman–Crippen LogP) is -0.0386. The van der Waals surface area contributed by atoms with E-state index in [4.69, 9.17) is 5.73 Å². The third-order valence-electron chi connectivity index (χ3n) is 1.08. The Morgan fingerprint density at radius 3 is 2.00 bits per heavy atom. The molecule has 0 aromatic heterocycles. The maximum absolute atomic E-state index is 5.35. The standard InChI is InChI=1S/C7H9N.Bi.3H/c8-6-7-4-2-1-3-5-7;;;;/h1-5H,6,8H2;;;;. The molecule has 0 saturated heterocycles. The molecule has 1 aromatic carbocycles. The van der Waals surface area contributed by atoms with Crippen LogP contribution in [-0.2, 0) is 6.54 Å². The van der Waals surface area contributed by atoms with Crippen molar-refractivity contribution in [1.29, 1.82) is 0 Å². The summed E-state index contributed by atoms with van der Waals surface area (Å²) in [5.41, 5.74) is 6.54. The normalized spacial score (nSPS) is 8.11. The van der Waals surface area contributed by atoms with Crippen LogP contribution in [0.15, 0.2) is 30.3 Å². The van der Waals surface area contributed by atoms with Gasteiger partial charge < -0.3 is 5.73 Å². The van der Waals surface area contributed by atoms with Crippen LogP contribution in [0.25, 0.3) is 0 Å². The van der Waals surface area contributed by atoms with Crippen LogP contribution in [0.2, 0.25) is 0 Å². The first-order valence-corrected chi connectivity index (χ1v) is 2.67. The van der Waals surface area contributed by atoms with Crippen molar-refractivity contribution in [2.24, 2.45) is 5.73 Å². The average Bonchev–Trinajstić information content (AvgIpc) is 1.90. The number of hydrogen-bond donors (Lipinski definition) is 1. The molecule has 2 heteroatoms. The molecule has 0 fully saturated rings. The third-order valence-corrected chi connectivity index (χ3v) is 1.08. The van der Waals surface area contributed by atoms with Crippen LogP contribution >= 0.6 is 0 Å². The van der Waals surface area contributed by atoms with Gasteiger partial charge in [-0.05, 0) is 5.56 Å². The second kappa shape index (κ2) is 4.90. The van der Waals surface area contributed by atoms with Crippen LogP contribution in [-0.4, -0.2) is 26.2 Å². The van der Waals surface area contributed by atoms with Crippen molar-refractivity contribution in [2.75, 3.05) is 0 Å². The van der Waals surface area contributed by atoms with Crippen molar-refractivity contribution in [3.8, 4) is 0 Å². The SMILES string of the molecule is NCc1ccccc1.[BiH3]. The molecule has 1 rings (SSSR count). The fourth-order valence-corrected chi connectivity index (χ4v) is 0.614. The summed E-state index contributed by atoms with van der Waals surface area (Å²) in [5, 5.41) is 0. The predicted molar refractivity (Wildman–Crippen MR) is 44.3 cm³/mol. The summed E-state index contributed by atoms with van der Waals surface area (Å²) >= 11 is 0. The van der Waals surface area contributed by atoms with Crippen molar-refractivity contribution in [2.45, 2.75) is 6.54 Å². The van der Waals surface area contributed by atoms with E-state index in [1.54, 1.807) is 0 Å². The van der Waals surface area contributed by atoms with Gasteiger partial charge in [0, 0.05) is 6.54 Å². The molecule has 50 valence electrons. The molecule has 0 radical (unpaired) electrons. The second-order valence-electron chi connectivity index (χ2n) is 1.69. The first-order valence-electron chi connectivity index (χ1n) is 2.67. The molecule has 0 amide bonds. The molecule has 0 atom stereocenters. The Morgan fingerprint density at radius 2 is 1.67 bits per heavy atom. The van der Waals surface area contributed by atoms with E-state index in [1.165, 1.54) is 5.56 Å². The Labute approximate surface area is 74.4 Å². The van der Waals surface area contributed by atoms with Crippen molar-refractivity contribution in [1.82, 2.24) is 0 Å². The quantitative estimate of drug-likeness (QED) is 0.723. The van der Waals surface area contributed by atoms with E-state index in [0.717, 1.165) is 0 Å². The van der Waals surface area contributed by atoms with Crippen LogP contribution < -0.4 is 5.73 Å². The number of hydrogen-bond acceptors (Lipinski definition) is 1. The molecule has 0 bridgehead atoms. The molecular formula is C7H12BiN. The molecule has 0 heterocycles. The molecule has 2 N–H and O–H groups in total. The van der Waals surface area contributed by atoms with Gasteiger partial charge in [0.15, 0.2) is 0 Å². The van der Waals surface area contributed by atoms with Gasteiger partial charge in [0.25, 0.3) is 0 Å². The first kappa shape index (κ1) is 9.06. The molecule has 1 aromatic rings. The summed E-state index contributed by atoms with van der Waals surface area (Å²) in [6.07, 6.45) is 0. The third kappa shape index (κ3) is 2.93. The van der Waals surface area contributed by atoms with Gasteiger partial charge in [-0.1, -0.05) is 30.3 Å². The molecule has 0 unspecified atom stereocenters. The van der Waals surface area contributed by atoms with E-state index in [-0.39, 0.29) is 26.2 Å². The topological polar surface area (TPSA) is 26.0 Å². The molecule has 1 nitrogen and oxygen atoms in total. The Hall–Kier alpha value is 0.0631. The number of rotatable bonds is 1. The van der Waals surface area contributed by atoms with Gasteiger partial charge in [-0.2, -0.15) is 0 Å². The summed E-state index contributed by atoms with van der Waals surface area (Å²) < 4.78 is 0. The second-order valence-corrected chi connectivity index (χ2v) is 1.69. The number of benzene rings is 1. The van der Waals surface area contributed by atoms with Crippen LogP contribution in [0.1, 0.15) is 5.56 Å². The minimum absolute atomic E-state index is 0. The zero-order valence-electron chi connectivity index (χ0n) is 5.38. The zero-order chi connectivity index (χ0) is 5.82. The molecule has 0 aliphatic carbocycles. The van der Waals surface area contributed by atoms with Crippen LogP contribution in [0.5, 0.6) is 0 Å². The Balaban J connectivity index is 0.000000640. The monoisotopic (exact) mass is 319 g/mol. The zero-order valence-corrected chi connectivity index (χ0v) is 10.9. The van der Waals surface area contributed by atoms with E-state index >= 15 is 0 Å². The van der Waals surface area contributed by atoms with Gasteiger partial charge in [-0.25, -0.2) is 0 Å². The van der Waals surface area contributed by atoms with Gasteiger partial charge in [0.05, 0.1) is 0 Å². The summed E-state index contributed by atoms with van der Waals surface area (Å²) in [4.78, 5) is 0. The molecule has 0 aliphatic rings. The van der Waals surface area contributed by atoms with Crippen LogP contribution in [0.3, 0.4) is 0 Å². The molecule has 0 saturated carbocycles. The van der Waals surface area contributed by atoms with Gasteiger partial charge >= 0.3 is 26.2 Å². The van der Waals surface area contributed by atoms with Crippen molar-refractivity contribution in [3.63, 3.8) is 0 Å². The van der Waals surface area contributed by atoms with E-state index in [1.807, 2.05) is 30.3 Å². The van der Waals surface area contributed by atoms with Gasteiger partial charge in [-0.15, -0.1) is 0 Å². The molecule has 0 spiro atoms. The van der Waals surface area contributed by atoms with Gasteiger partial charge in [-0.3, -0.25) is 0 Å². The summed E-state index contributed by atoms with van der Waals surface area (Å²) in [7, 11) is 0. The van der Waals surface area contributed by atoms with Crippen molar-refractivity contribution >= 4 is 26.2 Å². The fraction of sp³-hybridized carbons (Fsp3) is 0.143. The molecule has 9 heavy (non-hydrogen) atoms. The van der Waals surface area contributed by atoms with Crippen molar-refractivity contribution < 1.29 is 0 Å². The Bertz CT molecular complexity index is 150. The van der Waals surface area contributed by atoms with Crippen LogP contribution in [0.4, 0.5) is 0 Å². The van der Waals surface area contributed by atoms with E-state index < -0.39 is 0 Å². The Kier molecular flexibility index (Phi) is 4.93. The summed E-state index contributed by atoms with van der Waals surface area (Å²) in [5.74, 6) is 0. The van der Waals surface area contributed by atoms with Crippen LogP contribution in [0, 0.1) is 0 Å².